The zero-order valence-corrected chi connectivity index (χ0v) is 22.0. The minimum atomic E-state index is -1.31. The van der Waals surface area contributed by atoms with Crippen LogP contribution in [0.15, 0.2) is 65.9 Å². The number of para-hydroxylation sites is 1. The molecular formula is C29H36N6O3. The first-order valence-corrected chi connectivity index (χ1v) is 13.3. The Morgan fingerprint density at radius 3 is 2.66 bits per heavy atom. The van der Waals surface area contributed by atoms with Crippen LogP contribution in [-0.2, 0) is 22.4 Å². The molecule has 1 heterocycles. The first kappa shape index (κ1) is 27.1. The van der Waals surface area contributed by atoms with E-state index in [0.29, 0.717) is 6.42 Å². The molecule has 2 aromatic carbocycles. The number of aromatic amines is 1. The van der Waals surface area contributed by atoms with Crippen molar-refractivity contribution in [1.29, 1.82) is 0 Å². The van der Waals surface area contributed by atoms with Crippen molar-refractivity contribution >= 4 is 22.9 Å². The number of benzene rings is 2. The molecule has 4 rings (SSSR count). The van der Waals surface area contributed by atoms with Crippen LogP contribution in [0.1, 0.15) is 50.7 Å². The summed E-state index contributed by atoms with van der Waals surface area (Å²) in [6.07, 6.45) is 5.84. The van der Waals surface area contributed by atoms with Gasteiger partial charge in [-0.05, 0) is 61.2 Å². The molecule has 0 unspecified atom stereocenters. The van der Waals surface area contributed by atoms with Gasteiger partial charge < -0.3 is 20.4 Å². The van der Waals surface area contributed by atoms with Crippen molar-refractivity contribution in [3.63, 3.8) is 0 Å². The highest BCUT2D eigenvalue weighted by Gasteiger charge is 2.38. The number of ether oxygens (including phenoxy) is 1. The summed E-state index contributed by atoms with van der Waals surface area (Å²) in [5, 5.41) is 10.6. The van der Waals surface area contributed by atoms with Crippen molar-refractivity contribution < 1.29 is 14.3 Å². The van der Waals surface area contributed by atoms with Crippen LogP contribution in [0.2, 0.25) is 0 Å². The van der Waals surface area contributed by atoms with Crippen LogP contribution in [-0.4, -0.2) is 41.2 Å². The van der Waals surface area contributed by atoms with Gasteiger partial charge in [0.05, 0.1) is 0 Å². The Morgan fingerprint density at radius 1 is 1.16 bits per heavy atom. The molecule has 0 aliphatic heterocycles. The Bertz CT molecular complexity index is 1290. The Hall–Kier alpha value is -3.97. The number of aromatic nitrogens is 1. The predicted molar refractivity (Wildman–Crippen MR) is 148 cm³/mol. The number of carbonyl (C=O) groups excluding carboxylic acids is 2. The lowest BCUT2D eigenvalue weighted by atomic mass is 9.88. The van der Waals surface area contributed by atoms with Crippen LogP contribution in [0, 0.1) is 5.92 Å². The largest absolute Gasteiger partial charge is 0.446 e. The third-order valence-corrected chi connectivity index (χ3v) is 7.41. The summed E-state index contributed by atoms with van der Waals surface area (Å²) in [6, 6.07) is 17.1. The summed E-state index contributed by atoms with van der Waals surface area (Å²) in [4.78, 5) is 33.1. The standard InChI is InChI=1S/C29H36N6O3/c1-20-10-6-9-15-26(20)38-28(37)34-29(2,17-22-18-31-25-14-8-7-13-24(22)25)27(36)33-23(19-32-35-30)16-21-11-4-3-5-12-21/h3-5,7-8,11-14,18,20,23,26,31H,6,9-10,15-17,19H2,1-2H3,(H,33,36)(H,34,37)/t20-,23+,26-,29-/m1/s1. The molecule has 2 amide bonds. The first-order valence-electron chi connectivity index (χ1n) is 13.3. The molecule has 0 bridgehead atoms. The molecule has 1 aliphatic carbocycles. The van der Waals surface area contributed by atoms with Crippen molar-refractivity contribution in [2.45, 2.75) is 70.1 Å². The van der Waals surface area contributed by atoms with E-state index in [4.69, 9.17) is 10.3 Å². The van der Waals surface area contributed by atoms with Gasteiger partial charge in [0.15, 0.2) is 0 Å². The minimum absolute atomic E-state index is 0.0876. The van der Waals surface area contributed by atoms with Crippen LogP contribution in [0.5, 0.6) is 0 Å². The second-order valence-electron chi connectivity index (χ2n) is 10.5. The summed E-state index contributed by atoms with van der Waals surface area (Å²) in [5.41, 5.74) is 10.5. The maximum atomic E-state index is 13.9. The van der Waals surface area contributed by atoms with Crippen molar-refractivity contribution in [1.82, 2.24) is 15.6 Å². The molecule has 1 saturated carbocycles. The predicted octanol–water partition coefficient (Wildman–Crippen LogP) is 5.81. The second-order valence-corrected chi connectivity index (χ2v) is 10.5. The summed E-state index contributed by atoms with van der Waals surface area (Å²) >= 11 is 0. The maximum Gasteiger partial charge on any atom is 0.408 e. The van der Waals surface area contributed by atoms with E-state index in [2.05, 4.69) is 32.6 Å². The number of azide groups is 1. The highest BCUT2D eigenvalue weighted by molar-refractivity contribution is 5.91. The zero-order valence-electron chi connectivity index (χ0n) is 22.0. The molecule has 4 atom stereocenters. The highest BCUT2D eigenvalue weighted by atomic mass is 16.6. The average Bonchev–Trinajstić information content (AvgIpc) is 3.31. The summed E-state index contributed by atoms with van der Waals surface area (Å²) in [7, 11) is 0. The number of hydrogen-bond donors (Lipinski definition) is 3. The van der Waals surface area contributed by atoms with E-state index < -0.39 is 17.7 Å². The van der Waals surface area contributed by atoms with Crippen LogP contribution >= 0.6 is 0 Å². The topological polar surface area (TPSA) is 132 Å². The number of H-pyrrole nitrogens is 1. The fraction of sp³-hybridized carbons (Fsp3) is 0.448. The molecule has 1 aromatic heterocycles. The van der Waals surface area contributed by atoms with Gasteiger partial charge in [0.1, 0.15) is 11.6 Å². The lowest BCUT2D eigenvalue weighted by Gasteiger charge is -2.33. The average molecular weight is 517 g/mol. The third kappa shape index (κ3) is 6.86. The fourth-order valence-corrected chi connectivity index (χ4v) is 5.23. The van der Waals surface area contributed by atoms with Gasteiger partial charge in [-0.25, -0.2) is 4.79 Å². The molecule has 200 valence electrons. The second kappa shape index (κ2) is 12.5. The molecule has 3 N–H and O–H groups in total. The molecule has 0 saturated heterocycles. The highest BCUT2D eigenvalue weighted by Crippen LogP contribution is 2.27. The van der Waals surface area contributed by atoms with Gasteiger partial charge in [-0.15, -0.1) is 0 Å². The van der Waals surface area contributed by atoms with E-state index in [1.54, 1.807) is 6.92 Å². The third-order valence-electron chi connectivity index (χ3n) is 7.41. The number of nitrogens with one attached hydrogen (secondary N) is 3. The number of amides is 2. The van der Waals surface area contributed by atoms with Gasteiger partial charge in [0.2, 0.25) is 5.91 Å². The number of nitrogens with zero attached hydrogens (tertiary/aromatic N) is 3. The molecule has 9 heteroatoms. The molecule has 3 aromatic rings. The number of alkyl carbamates (subject to hydrolysis) is 1. The van der Waals surface area contributed by atoms with Gasteiger partial charge in [0, 0.05) is 41.0 Å². The molecule has 1 aliphatic rings. The molecule has 0 spiro atoms. The van der Waals surface area contributed by atoms with Gasteiger partial charge in [-0.3, -0.25) is 4.79 Å². The Labute approximate surface area is 223 Å². The first-order chi connectivity index (χ1) is 18.4. The normalized spacial score (nSPS) is 19.5. The van der Waals surface area contributed by atoms with Crippen molar-refractivity contribution in [2.24, 2.45) is 11.0 Å². The number of fused-ring (bicyclic) bond motifs is 1. The number of hydrogen-bond acceptors (Lipinski definition) is 4. The quantitative estimate of drug-likeness (QED) is 0.178. The van der Waals surface area contributed by atoms with Crippen molar-refractivity contribution in [2.75, 3.05) is 6.54 Å². The van der Waals surface area contributed by atoms with Crippen LogP contribution in [0.3, 0.4) is 0 Å². The Morgan fingerprint density at radius 2 is 1.89 bits per heavy atom. The van der Waals surface area contributed by atoms with Crippen LogP contribution < -0.4 is 10.6 Å². The lowest BCUT2D eigenvalue weighted by molar-refractivity contribution is -0.127. The SMILES string of the molecule is C[C@@H]1CCCC[C@H]1OC(=O)N[C@](C)(Cc1c[nH]c2ccccc12)C(=O)N[C@H](CN=[N+]=[N-])Cc1ccccc1. The summed E-state index contributed by atoms with van der Waals surface area (Å²) in [5.74, 6) is -0.0900. The van der Waals surface area contributed by atoms with E-state index in [0.717, 1.165) is 47.7 Å². The molecule has 1 fully saturated rings. The van der Waals surface area contributed by atoms with E-state index in [-0.39, 0.29) is 30.9 Å². The smallest absolute Gasteiger partial charge is 0.408 e. The maximum absolute atomic E-state index is 13.9. The van der Waals surface area contributed by atoms with Gasteiger partial charge in [-0.2, -0.15) is 0 Å². The van der Waals surface area contributed by atoms with E-state index in [1.165, 1.54) is 0 Å². The Kier molecular flexibility index (Phi) is 8.92. The van der Waals surface area contributed by atoms with Crippen LogP contribution in [0.25, 0.3) is 21.3 Å². The number of carbonyl (C=O) groups is 2. The molecular weight excluding hydrogens is 480 g/mol. The van der Waals surface area contributed by atoms with E-state index in [9.17, 15) is 9.59 Å². The van der Waals surface area contributed by atoms with Crippen molar-refractivity contribution in [3.05, 3.63) is 82.4 Å². The molecule has 0 radical (unpaired) electrons. The number of rotatable bonds is 10. The van der Waals surface area contributed by atoms with E-state index in [1.807, 2.05) is 60.8 Å². The molecule has 9 nitrogen and oxygen atoms in total. The molecule has 38 heavy (non-hydrogen) atoms. The fourth-order valence-electron chi connectivity index (χ4n) is 5.23. The van der Waals surface area contributed by atoms with Gasteiger partial charge in [-0.1, -0.05) is 67.0 Å². The Balaban J connectivity index is 1.57. The van der Waals surface area contributed by atoms with Gasteiger partial charge in [0.25, 0.3) is 0 Å². The van der Waals surface area contributed by atoms with Gasteiger partial charge >= 0.3 is 6.09 Å². The zero-order chi connectivity index (χ0) is 27.0. The summed E-state index contributed by atoms with van der Waals surface area (Å²) in [6.45, 7) is 3.89. The summed E-state index contributed by atoms with van der Waals surface area (Å²) < 4.78 is 5.82. The van der Waals surface area contributed by atoms with Crippen LogP contribution in [0.4, 0.5) is 4.79 Å². The van der Waals surface area contributed by atoms with Crippen molar-refractivity contribution in [3.8, 4) is 0 Å². The monoisotopic (exact) mass is 516 g/mol. The lowest BCUT2D eigenvalue weighted by Crippen LogP contribution is -2.60. The van der Waals surface area contributed by atoms with E-state index >= 15 is 0 Å². The minimum Gasteiger partial charge on any atom is -0.446 e.